The molecule has 0 saturated carbocycles. The maximum atomic E-state index is 9.80. The Morgan fingerprint density at radius 1 is 0.613 bits per heavy atom. The van der Waals surface area contributed by atoms with Crippen LogP contribution in [0.25, 0.3) is 116 Å². The van der Waals surface area contributed by atoms with Gasteiger partial charge in [0.25, 0.3) is 0 Å². The van der Waals surface area contributed by atoms with Crippen molar-refractivity contribution in [2.24, 2.45) is 5.92 Å². The van der Waals surface area contributed by atoms with Gasteiger partial charge in [0, 0.05) is 58.4 Å². The molecule has 0 N–H and O–H groups in total. The zero-order chi connectivity index (χ0) is 54.5. The second kappa shape index (κ2) is 19.2. The average molecular weight is 1160 g/mol. The van der Waals surface area contributed by atoms with E-state index in [1.807, 2.05) is 176 Å². The number of benzene rings is 9. The molecule has 0 amide bonds. The van der Waals surface area contributed by atoms with Crippen molar-refractivity contribution in [3.63, 3.8) is 0 Å². The summed E-state index contributed by atoms with van der Waals surface area (Å²) in [6.07, 6.45) is 2.25. The first kappa shape index (κ1) is 42.1. The number of imidazole rings is 1. The second-order valence-corrected chi connectivity index (χ2v) is 20.2. The first-order valence-electron chi connectivity index (χ1n) is 27.5. The van der Waals surface area contributed by atoms with Gasteiger partial charge in [-0.2, -0.15) is 24.3 Å². The van der Waals surface area contributed by atoms with Crippen LogP contribution in [0.4, 0.5) is 0 Å². The molecule has 0 unspecified atom stereocenters. The standard InChI is InChI=1S/C68H53N4O2.Pt/c1-44(2)33-45-34-57(47-19-10-7-11-20-47)67-58(35-45)49-21-14-24-52(36-49)73-53-25-15-22-50(37-53)60-42-69-66(41-61(60)68(3,4)5)72-62-32-29-48(46-17-8-6-9-18-46)38-59(62)56-31-30-55(40-65(56)72)74-54-26-16-23-51(39-54)70-43-71(67)64-28-13-12-27-63(64)70;/h6-32,34-38,41-44H,33H2,1-5H3;/q-3;/i29D,32D,33D2,38D;. The Morgan fingerprint density at radius 3 is 2.00 bits per heavy atom. The predicted octanol–water partition coefficient (Wildman–Crippen LogP) is 18.1. The van der Waals surface area contributed by atoms with Crippen LogP contribution < -0.4 is 0 Å². The zero-order valence-electron chi connectivity index (χ0n) is 47.0. The monoisotopic (exact) mass is 1160 g/mol. The minimum Gasteiger partial charge on any atom is -0.510 e. The Balaban J connectivity index is 0.00000637. The molecule has 0 radical (unpaired) electrons. The molecule has 0 atom stereocenters. The third-order valence-electron chi connectivity index (χ3n) is 13.7. The molecule has 7 heteroatoms. The van der Waals surface area contributed by atoms with Gasteiger partial charge in [-0.15, -0.1) is 29.1 Å². The van der Waals surface area contributed by atoms with Crippen LogP contribution in [0.3, 0.4) is 0 Å². The van der Waals surface area contributed by atoms with Gasteiger partial charge in [-0.25, -0.2) is 4.98 Å². The zero-order valence-corrected chi connectivity index (χ0v) is 44.2. The Labute approximate surface area is 457 Å². The third kappa shape index (κ3) is 8.83. The molecule has 12 bridgehead atoms. The van der Waals surface area contributed by atoms with Crippen molar-refractivity contribution in [2.45, 2.75) is 46.4 Å². The van der Waals surface area contributed by atoms with Crippen LogP contribution in [0, 0.1) is 18.1 Å². The molecule has 4 aromatic heterocycles. The first-order valence-corrected chi connectivity index (χ1v) is 25.0. The maximum Gasteiger partial charge on any atom is 0.135 e. The third-order valence-corrected chi connectivity index (χ3v) is 13.7. The Morgan fingerprint density at radius 2 is 1.28 bits per heavy atom. The van der Waals surface area contributed by atoms with E-state index in [1.54, 1.807) is 0 Å². The van der Waals surface area contributed by atoms with Crippen molar-refractivity contribution in [3.8, 4) is 33.6 Å². The van der Waals surface area contributed by atoms with Crippen molar-refractivity contribution >= 4 is 82.4 Å². The summed E-state index contributed by atoms with van der Waals surface area (Å²) >= 11 is 0. The number of pyridine rings is 1. The Bertz CT molecular complexity index is 4770. The van der Waals surface area contributed by atoms with Gasteiger partial charge in [-0.05, 0) is 126 Å². The number of fused-ring (bicyclic) bond motifs is 5. The Hall–Kier alpha value is -8.31. The summed E-state index contributed by atoms with van der Waals surface area (Å²) in [4.78, 5) is 5.18. The van der Waals surface area contributed by atoms with Crippen molar-refractivity contribution in [2.75, 3.05) is 0 Å². The van der Waals surface area contributed by atoms with E-state index in [9.17, 15) is 6.85 Å². The van der Waals surface area contributed by atoms with Gasteiger partial charge in [0.05, 0.1) is 4.11 Å². The van der Waals surface area contributed by atoms with Gasteiger partial charge < -0.3 is 22.4 Å². The molecule has 0 spiro atoms. The van der Waals surface area contributed by atoms with Crippen LogP contribution >= 0.6 is 0 Å². The predicted molar refractivity (Wildman–Crippen MR) is 306 cm³/mol. The quantitative estimate of drug-likeness (QED) is 0.165. The summed E-state index contributed by atoms with van der Waals surface area (Å²) in [5.74, 6) is -0.322. The normalized spacial score (nSPS) is 13.0. The van der Waals surface area contributed by atoms with Gasteiger partial charge in [-0.3, -0.25) is 0 Å². The maximum absolute atomic E-state index is 9.80. The van der Waals surface area contributed by atoms with Crippen LogP contribution in [0.1, 0.15) is 52.6 Å². The van der Waals surface area contributed by atoms with Crippen LogP contribution in [-0.4, -0.2) is 18.5 Å². The topological polar surface area (TPSA) is 53.4 Å². The van der Waals surface area contributed by atoms with Crippen molar-refractivity contribution in [1.82, 2.24) is 18.5 Å². The van der Waals surface area contributed by atoms with Gasteiger partial charge in [0.15, 0.2) is 0 Å². The van der Waals surface area contributed by atoms with E-state index in [0.29, 0.717) is 72.0 Å². The smallest absolute Gasteiger partial charge is 0.135 e. The molecule has 14 rings (SSSR count). The number of para-hydroxylation sites is 2. The number of nitrogens with zero attached hydrogens (tertiary/aromatic N) is 4. The van der Waals surface area contributed by atoms with Crippen LogP contribution in [-0.2, 0) is 32.9 Å². The molecular weight excluding hydrogens is 1100 g/mol. The minimum absolute atomic E-state index is 0. The summed E-state index contributed by atoms with van der Waals surface area (Å²) in [6.45, 7) is 10.3. The number of rotatable bonds is 4. The van der Waals surface area contributed by atoms with E-state index in [0.717, 1.165) is 55.1 Å². The Kier molecular flexibility index (Phi) is 10.8. The summed E-state index contributed by atoms with van der Waals surface area (Å²) in [5.41, 5.74) is 10.8. The average Bonchev–Trinajstić information content (AvgIpc) is 4.23. The minimum atomic E-state index is -1.68. The van der Waals surface area contributed by atoms with Crippen LogP contribution in [0.2, 0.25) is 0 Å². The molecule has 370 valence electrons. The molecule has 0 aliphatic carbocycles. The SMILES string of the molecule is [2H]c1c(-c2ccccc2)c([2H])c2c3ccc4[c-]c3n(c3cc(C(C)(C)C)c(cn3)c3cccc(c3)oc3cccc(c3)c3cc(C([2H])([2H])C(C)C)cc(-c5ccccc5)c3n3[cH-]n(c5[c-]c(ccc5)o4)-c4ccccc4-3)c2c1[2H].[Pt]. The van der Waals surface area contributed by atoms with Crippen LogP contribution in [0.15, 0.2) is 221 Å². The van der Waals surface area contributed by atoms with E-state index in [2.05, 4.69) is 78.7 Å². The number of hydrogen-bond acceptors (Lipinski definition) is 3. The summed E-state index contributed by atoms with van der Waals surface area (Å²) < 4.78 is 67.8. The molecule has 6 nitrogen and oxygen atoms in total. The molecule has 0 saturated heterocycles. The van der Waals surface area contributed by atoms with Gasteiger partial charge in [0.2, 0.25) is 0 Å². The summed E-state index contributed by atoms with van der Waals surface area (Å²) in [6, 6.07) is 66.6. The fourth-order valence-corrected chi connectivity index (χ4v) is 10.4. The summed E-state index contributed by atoms with van der Waals surface area (Å²) in [7, 11) is 0. The fourth-order valence-electron chi connectivity index (χ4n) is 10.4. The first-order chi connectivity index (χ1) is 38.1. The molecule has 9 aromatic carbocycles. The van der Waals surface area contributed by atoms with E-state index >= 15 is 0 Å². The molecule has 5 heterocycles. The van der Waals surface area contributed by atoms with Crippen molar-refractivity contribution < 1.29 is 36.8 Å². The van der Waals surface area contributed by atoms with Gasteiger partial charge in [0.1, 0.15) is 16.8 Å². The molecule has 0 fully saturated rings. The van der Waals surface area contributed by atoms with Crippen molar-refractivity contribution in [3.05, 3.63) is 236 Å². The summed E-state index contributed by atoms with van der Waals surface area (Å²) in [5, 5.41) is 4.61. The van der Waals surface area contributed by atoms with Crippen molar-refractivity contribution in [1.29, 1.82) is 0 Å². The molecular formula is C68H53N4O2Pt-3. The largest absolute Gasteiger partial charge is 0.510 e. The van der Waals surface area contributed by atoms with E-state index < -0.39 is 11.8 Å². The number of hydrogen-bond donors (Lipinski definition) is 0. The number of aromatic nitrogens is 4. The molecule has 75 heavy (non-hydrogen) atoms. The van der Waals surface area contributed by atoms with E-state index in [4.69, 9.17) is 13.8 Å². The van der Waals surface area contributed by atoms with E-state index in [-0.39, 0.29) is 45.1 Å². The van der Waals surface area contributed by atoms with Gasteiger partial charge >= 0.3 is 0 Å². The molecule has 1 aliphatic heterocycles. The second-order valence-electron chi connectivity index (χ2n) is 20.2. The fraction of sp³-hybridized carbons (Fsp3) is 0.118. The van der Waals surface area contributed by atoms with Crippen LogP contribution in [0.5, 0.6) is 0 Å². The van der Waals surface area contributed by atoms with E-state index in [1.165, 1.54) is 0 Å². The molecule has 13 aromatic rings. The molecule has 1 aliphatic rings. The van der Waals surface area contributed by atoms with Gasteiger partial charge in [-0.1, -0.05) is 174 Å².